The number of aliphatic hydroxyl groups excluding tert-OH is 1. The average Bonchev–Trinajstić information content (AvgIpc) is 2.22. The van der Waals surface area contributed by atoms with Gasteiger partial charge in [0.15, 0.2) is 0 Å². The number of hydrogen-bond acceptors (Lipinski definition) is 4. The van der Waals surface area contributed by atoms with Crippen LogP contribution in [0.1, 0.15) is 13.3 Å². The molecule has 0 amide bonds. The van der Waals surface area contributed by atoms with E-state index >= 15 is 0 Å². The summed E-state index contributed by atoms with van der Waals surface area (Å²) in [4.78, 5) is 5.70. The van der Waals surface area contributed by atoms with Crippen LogP contribution < -0.4 is 0 Å². The summed E-state index contributed by atoms with van der Waals surface area (Å²) in [5, 5.41) is 11.9. The molecule has 0 aliphatic carbocycles. The van der Waals surface area contributed by atoms with E-state index in [0.717, 1.165) is 6.42 Å². The zero-order valence-corrected chi connectivity index (χ0v) is 9.20. The fourth-order valence-corrected chi connectivity index (χ4v) is 1.27. The van der Waals surface area contributed by atoms with Gasteiger partial charge in [-0.2, -0.15) is 0 Å². The van der Waals surface area contributed by atoms with Crippen LogP contribution in [0.4, 0.5) is 0 Å². The van der Waals surface area contributed by atoms with Gasteiger partial charge in [0.25, 0.3) is 0 Å². The highest BCUT2D eigenvalue weighted by Gasteiger charge is 2.19. The summed E-state index contributed by atoms with van der Waals surface area (Å²) < 4.78 is 0. The lowest BCUT2D eigenvalue weighted by Gasteiger charge is -2.29. The van der Waals surface area contributed by atoms with E-state index in [9.17, 15) is 5.11 Å². The van der Waals surface area contributed by atoms with Gasteiger partial charge in [-0.1, -0.05) is 19.6 Å². The third-order valence-corrected chi connectivity index (χ3v) is 1.95. The molecule has 0 aliphatic rings. The monoisotopic (exact) mass is 212 g/mol. The lowest BCUT2D eigenvalue weighted by Crippen LogP contribution is -2.41. The van der Waals surface area contributed by atoms with Crippen LogP contribution in [-0.2, 0) is 0 Å². The fraction of sp³-hybridized carbons (Fsp3) is 0.500. The van der Waals surface area contributed by atoms with E-state index < -0.39 is 6.23 Å². The molecule has 1 N–H and O–H groups in total. The first-order valence-corrected chi connectivity index (χ1v) is 4.86. The summed E-state index contributed by atoms with van der Waals surface area (Å²) in [5.41, 5.74) is 0. The third kappa shape index (κ3) is 3.94. The van der Waals surface area contributed by atoms with Crippen LogP contribution >= 0.6 is 12.2 Å². The largest absolute Gasteiger partial charge is 0.375 e. The van der Waals surface area contributed by atoms with Gasteiger partial charge in [0.05, 0.1) is 5.16 Å². The van der Waals surface area contributed by atoms with E-state index in [-0.39, 0.29) is 6.17 Å². The van der Waals surface area contributed by atoms with Gasteiger partial charge in [-0.3, -0.25) is 0 Å². The molecule has 0 radical (unpaired) electrons. The van der Waals surface area contributed by atoms with Crippen LogP contribution in [0.2, 0.25) is 0 Å². The van der Waals surface area contributed by atoms with E-state index in [4.69, 9.17) is 0 Å². The highest BCUT2D eigenvalue weighted by Crippen LogP contribution is 2.09. The van der Waals surface area contributed by atoms with Crippen molar-refractivity contribution in [2.45, 2.75) is 25.7 Å². The van der Waals surface area contributed by atoms with Crippen LogP contribution in [-0.4, -0.2) is 34.1 Å². The Bertz CT molecular complexity index is 236. The van der Waals surface area contributed by atoms with Crippen molar-refractivity contribution in [3.63, 3.8) is 0 Å². The van der Waals surface area contributed by atoms with Crippen molar-refractivity contribution in [3.8, 4) is 0 Å². The number of aliphatic hydroxyl groups is 1. The van der Waals surface area contributed by atoms with Gasteiger partial charge < -0.3 is 5.11 Å². The summed E-state index contributed by atoms with van der Waals surface area (Å²) in [6.45, 7) is 9.64. The lowest BCUT2D eigenvalue weighted by molar-refractivity contribution is 0.0199. The zero-order chi connectivity index (χ0) is 11.0. The standard InChI is InChI=1S/C10H16N2OS/c1-4-7-12(10(13)6-3)9(5-2)11-8-14/h4,6,9-10,13H,1,3,5,7H2,2H3. The molecule has 0 aliphatic heterocycles. The summed E-state index contributed by atoms with van der Waals surface area (Å²) in [5.74, 6) is 0. The minimum atomic E-state index is -0.731. The smallest absolute Gasteiger partial charge is 0.128 e. The van der Waals surface area contributed by atoms with E-state index in [1.807, 2.05) is 6.92 Å². The van der Waals surface area contributed by atoms with Gasteiger partial charge in [-0.25, -0.2) is 9.89 Å². The molecule has 0 heterocycles. The fourth-order valence-electron chi connectivity index (χ4n) is 1.15. The second kappa shape index (κ2) is 7.59. The number of rotatable bonds is 7. The Balaban J connectivity index is 4.65. The molecule has 0 saturated carbocycles. The Morgan fingerprint density at radius 1 is 1.64 bits per heavy atom. The van der Waals surface area contributed by atoms with Gasteiger partial charge in [-0.05, 0) is 24.7 Å². The Kier molecular flexibility index (Phi) is 7.16. The van der Waals surface area contributed by atoms with Crippen LogP contribution in [0.3, 0.4) is 0 Å². The van der Waals surface area contributed by atoms with Gasteiger partial charge in [0.1, 0.15) is 12.4 Å². The average molecular weight is 212 g/mol. The first-order valence-electron chi connectivity index (χ1n) is 4.45. The first-order chi connectivity index (χ1) is 6.71. The van der Waals surface area contributed by atoms with Crippen molar-refractivity contribution in [2.75, 3.05) is 6.54 Å². The quantitative estimate of drug-likeness (QED) is 0.303. The summed E-state index contributed by atoms with van der Waals surface area (Å²) in [6.07, 6.45) is 3.00. The van der Waals surface area contributed by atoms with Crippen LogP contribution in [0.25, 0.3) is 0 Å². The van der Waals surface area contributed by atoms with Crippen LogP contribution in [0.5, 0.6) is 0 Å². The van der Waals surface area contributed by atoms with Crippen molar-refractivity contribution in [3.05, 3.63) is 25.3 Å². The number of isothiocyanates is 1. The summed E-state index contributed by atoms with van der Waals surface area (Å²) >= 11 is 4.54. The van der Waals surface area contributed by atoms with Crippen LogP contribution in [0, 0.1) is 0 Å². The second-order valence-corrected chi connectivity index (χ2v) is 2.93. The van der Waals surface area contributed by atoms with Gasteiger partial charge in [0.2, 0.25) is 0 Å². The van der Waals surface area contributed by atoms with E-state index in [0.29, 0.717) is 6.54 Å². The van der Waals surface area contributed by atoms with E-state index in [2.05, 4.69) is 35.5 Å². The van der Waals surface area contributed by atoms with Crippen molar-refractivity contribution < 1.29 is 5.11 Å². The molecule has 0 spiro atoms. The molecular formula is C10H16N2OS. The molecule has 2 unspecified atom stereocenters. The Morgan fingerprint density at radius 3 is 2.64 bits per heavy atom. The SMILES string of the molecule is C=CCN(C(O)C=C)C(CC)N=C=S. The lowest BCUT2D eigenvalue weighted by atomic mass is 10.3. The van der Waals surface area contributed by atoms with Crippen molar-refractivity contribution in [2.24, 2.45) is 4.99 Å². The van der Waals surface area contributed by atoms with Crippen molar-refractivity contribution in [1.29, 1.82) is 0 Å². The first kappa shape index (κ1) is 13.2. The molecule has 0 aromatic rings. The van der Waals surface area contributed by atoms with E-state index in [1.54, 1.807) is 11.0 Å². The summed E-state index contributed by atoms with van der Waals surface area (Å²) in [6, 6.07) is 0. The molecule has 0 fully saturated rings. The highest BCUT2D eigenvalue weighted by molar-refractivity contribution is 7.78. The van der Waals surface area contributed by atoms with Crippen molar-refractivity contribution >= 4 is 17.4 Å². The molecule has 0 saturated heterocycles. The second-order valence-electron chi connectivity index (χ2n) is 2.74. The maximum Gasteiger partial charge on any atom is 0.128 e. The molecule has 14 heavy (non-hydrogen) atoms. The molecule has 78 valence electrons. The Labute approximate surface area is 90.5 Å². The molecular weight excluding hydrogens is 196 g/mol. The normalized spacial score (nSPS) is 14.2. The van der Waals surface area contributed by atoms with E-state index in [1.165, 1.54) is 6.08 Å². The summed E-state index contributed by atoms with van der Waals surface area (Å²) in [7, 11) is 0. The van der Waals surface area contributed by atoms with Crippen molar-refractivity contribution in [1.82, 2.24) is 4.90 Å². The third-order valence-electron chi connectivity index (χ3n) is 1.84. The topological polar surface area (TPSA) is 35.8 Å². The molecule has 0 bridgehead atoms. The van der Waals surface area contributed by atoms with Gasteiger partial charge in [0, 0.05) is 6.54 Å². The molecule has 0 aromatic heterocycles. The number of nitrogens with zero attached hydrogens (tertiary/aromatic N) is 2. The van der Waals surface area contributed by atoms with Crippen LogP contribution in [0.15, 0.2) is 30.3 Å². The number of hydrogen-bond donors (Lipinski definition) is 1. The Hall–Kier alpha value is -0.800. The molecule has 0 rings (SSSR count). The highest BCUT2D eigenvalue weighted by atomic mass is 32.1. The van der Waals surface area contributed by atoms with Gasteiger partial charge >= 0.3 is 0 Å². The molecule has 4 heteroatoms. The molecule has 3 nitrogen and oxygen atoms in total. The number of aliphatic imine (C=N–C) groups is 1. The molecule has 0 aromatic carbocycles. The predicted molar refractivity (Wildman–Crippen MR) is 62.2 cm³/mol. The predicted octanol–water partition coefficient (Wildman–Crippen LogP) is 1.82. The molecule has 2 atom stereocenters. The number of thiocarbonyl (C=S) groups is 1. The minimum Gasteiger partial charge on any atom is -0.375 e. The Morgan fingerprint density at radius 2 is 2.29 bits per heavy atom. The zero-order valence-electron chi connectivity index (χ0n) is 8.39. The van der Waals surface area contributed by atoms with Gasteiger partial charge in [-0.15, -0.1) is 6.58 Å². The maximum absolute atomic E-state index is 9.62. The minimum absolute atomic E-state index is 0.168. The maximum atomic E-state index is 9.62.